The molecule has 2 heterocycles. The largest absolute Gasteiger partial charge is 0.335 e. The quantitative estimate of drug-likeness (QED) is 0.256. The van der Waals surface area contributed by atoms with Crippen molar-refractivity contribution in [2.24, 2.45) is 0 Å². The SMILES string of the molecule is C#CCn1cc(/C=C2\C(=O)N(CC)C(=S)N(c3ccc(Cl)cc3)C2=O)c2ccccc21. The van der Waals surface area contributed by atoms with Gasteiger partial charge in [0.05, 0.1) is 12.2 Å². The van der Waals surface area contributed by atoms with E-state index in [1.54, 1.807) is 30.3 Å². The van der Waals surface area contributed by atoms with Gasteiger partial charge in [0, 0.05) is 34.2 Å². The van der Waals surface area contributed by atoms with E-state index < -0.39 is 11.8 Å². The third-order valence-electron chi connectivity index (χ3n) is 5.11. The number of halogens is 1. The summed E-state index contributed by atoms with van der Waals surface area (Å²) in [6, 6.07) is 14.5. The Labute approximate surface area is 190 Å². The molecule has 0 unspecified atom stereocenters. The van der Waals surface area contributed by atoms with Gasteiger partial charge in [-0.05, 0) is 55.5 Å². The lowest BCUT2D eigenvalue weighted by Crippen LogP contribution is -2.56. The first-order valence-electron chi connectivity index (χ1n) is 9.65. The summed E-state index contributed by atoms with van der Waals surface area (Å²) in [4.78, 5) is 29.3. The molecule has 4 rings (SSSR count). The van der Waals surface area contributed by atoms with Crippen molar-refractivity contribution in [3.8, 4) is 12.3 Å². The number of carbonyl (C=O) groups excluding carboxylic acids is 2. The predicted molar refractivity (Wildman–Crippen MR) is 128 cm³/mol. The molecular weight excluding hydrogens is 430 g/mol. The number of anilines is 1. The maximum Gasteiger partial charge on any atom is 0.270 e. The Hall–Kier alpha value is -3.40. The number of para-hydroxylation sites is 1. The van der Waals surface area contributed by atoms with Crippen molar-refractivity contribution in [2.45, 2.75) is 13.5 Å². The number of carbonyl (C=O) groups is 2. The average Bonchev–Trinajstić information content (AvgIpc) is 3.11. The van der Waals surface area contributed by atoms with Crippen LogP contribution >= 0.6 is 23.8 Å². The van der Waals surface area contributed by atoms with E-state index >= 15 is 0 Å². The van der Waals surface area contributed by atoms with Gasteiger partial charge < -0.3 is 4.57 Å². The van der Waals surface area contributed by atoms with Crippen LogP contribution in [0.3, 0.4) is 0 Å². The van der Waals surface area contributed by atoms with E-state index in [9.17, 15) is 9.59 Å². The first-order valence-corrected chi connectivity index (χ1v) is 10.4. The number of hydrogen-bond donors (Lipinski definition) is 0. The topological polar surface area (TPSA) is 45.6 Å². The molecule has 0 spiro atoms. The molecule has 7 heteroatoms. The second-order valence-corrected chi connectivity index (χ2v) is 7.74. The third-order valence-corrected chi connectivity index (χ3v) is 5.77. The smallest absolute Gasteiger partial charge is 0.270 e. The number of aromatic nitrogens is 1. The first-order chi connectivity index (χ1) is 15.0. The fraction of sp³-hybridized carbons (Fsp3) is 0.125. The summed E-state index contributed by atoms with van der Waals surface area (Å²) in [5, 5.41) is 1.59. The summed E-state index contributed by atoms with van der Waals surface area (Å²) in [5.41, 5.74) is 2.25. The number of thiocarbonyl (C=S) groups is 1. The van der Waals surface area contributed by atoms with Crippen molar-refractivity contribution in [1.82, 2.24) is 9.47 Å². The second kappa shape index (κ2) is 8.38. The molecule has 31 heavy (non-hydrogen) atoms. The van der Waals surface area contributed by atoms with Gasteiger partial charge >= 0.3 is 0 Å². The Morgan fingerprint density at radius 2 is 1.81 bits per heavy atom. The maximum atomic E-state index is 13.4. The number of amides is 2. The first kappa shape index (κ1) is 20.9. The average molecular weight is 448 g/mol. The highest BCUT2D eigenvalue weighted by molar-refractivity contribution is 7.80. The molecule has 0 N–H and O–H groups in total. The van der Waals surface area contributed by atoms with Crippen LogP contribution in [-0.2, 0) is 16.1 Å². The number of terminal acetylenes is 1. The minimum Gasteiger partial charge on any atom is -0.335 e. The van der Waals surface area contributed by atoms with Crippen LogP contribution in [0.2, 0.25) is 5.02 Å². The van der Waals surface area contributed by atoms with Gasteiger partial charge in [-0.15, -0.1) is 6.42 Å². The van der Waals surface area contributed by atoms with Gasteiger partial charge in [0.1, 0.15) is 5.57 Å². The molecule has 1 saturated heterocycles. The van der Waals surface area contributed by atoms with Crippen molar-refractivity contribution in [3.05, 3.63) is 70.9 Å². The van der Waals surface area contributed by atoms with E-state index in [0.29, 0.717) is 23.8 Å². The minimum absolute atomic E-state index is 0.0361. The number of likely N-dealkylation sites (N-methyl/N-ethyl adjacent to an activating group) is 1. The van der Waals surface area contributed by atoms with Crippen LogP contribution in [0.4, 0.5) is 5.69 Å². The molecule has 154 valence electrons. The summed E-state index contributed by atoms with van der Waals surface area (Å²) in [5.74, 6) is 1.73. The van der Waals surface area contributed by atoms with Gasteiger partial charge in [-0.25, -0.2) is 0 Å². The van der Waals surface area contributed by atoms with E-state index in [4.69, 9.17) is 30.2 Å². The van der Waals surface area contributed by atoms with E-state index in [1.807, 2.05) is 42.0 Å². The Morgan fingerprint density at radius 1 is 1.10 bits per heavy atom. The van der Waals surface area contributed by atoms with Gasteiger partial charge in [0.15, 0.2) is 5.11 Å². The van der Waals surface area contributed by atoms with Crippen LogP contribution in [0.1, 0.15) is 12.5 Å². The van der Waals surface area contributed by atoms with E-state index in [1.165, 1.54) is 9.80 Å². The molecule has 0 saturated carbocycles. The number of benzene rings is 2. The normalized spacial score (nSPS) is 15.8. The summed E-state index contributed by atoms with van der Waals surface area (Å²) < 4.78 is 1.92. The summed E-state index contributed by atoms with van der Waals surface area (Å²) >= 11 is 11.5. The number of fused-ring (bicyclic) bond motifs is 1. The molecule has 1 aromatic heterocycles. The monoisotopic (exact) mass is 447 g/mol. The van der Waals surface area contributed by atoms with Gasteiger partial charge in [0.25, 0.3) is 11.8 Å². The number of hydrogen-bond acceptors (Lipinski definition) is 3. The maximum absolute atomic E-state index is 13.4. The molecule has 1 aliphatic rings. The third kappa shape index (κ3) is 3.63. The van der Waals surface area contributed by atoms with Gasteiger partial charge in [-0.3, -0.25) is 19.4 Å². The van der Waals surface area contributed by atoms with Crippen LogP contribution in [0.5, 0.6) is 0 Å². The van der Waals surface area contributed by atoms with Crippen LogP contribution in [0, 0.1) is 12.3 Å². The highest BCUT2D eigenvalue weighted by Crippen LogP contribution is 2.29. The lowest BCUT2D eigenvalue weighted by molar-refractivity contribution is -0.127. The summed E-state index contributed by atoms with van der Waals surface area (Å²) in [6.45, 7) is 2.54. The zero-order valence-corrected chi connectivity index (χ0v) is 18.3. The van der Waals surface area contributed by atoms with Crippen LogP contribution in [0.15, 0.2) is 60.3 Å². The minimum atomic E-state index is -0.476. The molecule has 0 radical (unpaired) electrons. The van der Waals surface area contributed by atoms with Crippen LogP contribution in [-0.4, -0.2) is 32.9 Å². The van der Waals surface area contributed by atoms with Crippen molar-refractivity contribution < 1.29 is 9.59 Å². The summed E-state index contributed by atoms with van der Waals surface area (Å²) in [7, 11) is 0. The molecule has 1 fully saturated rings. The van der Waals surface area contributed by atoms with Gasteiger partial charge in [-0.2, -0.15) is 0 Å². The molecule has 3 aromatic rings. The molecule has 2 amide bonds. The highest BCUT2D eigenvalue weighted by Gasteiger charge is 2.39. The Kier molecular flexibility index (Phi) is 5.64. The van der Waals surface area contributed by atoms with Crippen LogP contribution < -0.4 is 4.90 Å². The molecule has 5 nitrogen and oxygen atoms in total. The van der Waals surface area contributed by atoms with E-state index in [-0.39, 0.29) is 10.7 Å². The van der Waals surface area contributed by atoms with Crippen molar-refractivity contribution in [2.75, 3.05) is 11.4 Å². The van der Waals surface area contributed by atoms with Crippen molar-refractivity contribution >= 4 is 63.4 Å². The van der Waals surface area contributed by atoms with Gasteiger partial charge in [0.2, 0.25) is 0 Å². The van der Waals surface area contributed by atoms with Crippen LogP contribution in [0.25, 0.3) is 17.0 Å². The zero-order valence-electron chi connectivity index (χ0n) is 16.7. The fourth-order valence-corrected chi connectivity index (χ4v) is 4.17. The number of nitrogens with zero attached hydrogens (tertiary/aromatic N) is 3. The molecule has 1 aliphatic heterocycles. The molecule has 0 aliphatic carbocycles. The molecule has 0 atom stereocenters. The van der Waals surface area contributed by atoms with Crippen molar-refractivity contribution in [3.63, 3.8) is 0 Å². The van der Waals surface area contributed by atoms with Gasteiger partial charge in [-0.1, -0.05) is 35.7 Å². The molecular formula is C24H18ClN3O2S. The standard InChI is InChI=1S/C24H18ClN3O2S/c1-3-13-26-15-16(19-7-5-6-8-21(19)26)14-20-22(29)27(4-2)24(31)28(23(20)30)18-11-9-17(25)10-12-18/h1,5-12,14-15H,4,13H2,2H3/b20-14+. The number of rotatable bonds is 4. The van der Waals surface area contributed by atoms with Crippen molar-refractivity contribution in [1.29, 1.82) is 0 Å². The molecule has 2 aromatic carbocycles. The lowest BCUT2D eigenvalue weighted by atomic mass is 10.1. The Balaban J connectivity index is 1.86. The zero-order chi connectivity index (χ0) is 22.1. The lowest BCUT2D eigenvalue weighted by Gasteiger charge is -2.36. The highest BCUT2D eigenvalue weighted by atomic mass is 35.5. The Bertz CT molecular complexity index is 1280. The molecule has 0 bridgehead atoms. The van der Waals surface area contributed by atoms with E-state index in [2.05, 4.69) is 5.92 Å². The fourth-order valence-electron chi connectivity index (χ4n) is 3.65. The van der Waals surface area contributed by atoms with E-state index in [0.717, 1.165) is 16.5 Å². The second-order valence-electron chi connectivity index (χ2n) is 6.94. The summed E-state index contributed by atoms with van der Waals surface area (Å²) in [6.07, 6.45) is 8.98. The predicted octanol–water partition coefficient (Wildman–Crippen LogP) is 4.49. The Morgan fingerprint density at radius 3 is 2.48 bits per heavy atom.